The summed E-state index contributed by atoms with van der Waals surface area (Å²) in [6, 6.07) is 12.4. The topological polar surface area (TPSA) is 93.1 Å². The van der Waals surface area contributed by atoms with E-state index in [4.69, 9.17) is 10.5 Å². The molecule has 174 valence electrons. The van der Waals surface area contributed by atoms with Gasteiger partial charge in [0.25, 0.3) is 5.91 Å². The van der Waals surface area contributed by atoms with Gasteiger partial charge < -0.3 is 15.8 Å². The van der Waals surface area contributed by atoms with Gasteiger partial charge in [0, 0.05) is 6.54 Å². The number of anilines is 1. The molecule has 0 bridgehead atoms. The van der Waals surface area contributed by atoms with Crippen molar-refractivity contribution < 1.29 is 18.5 Å². The number of nitrogens with one attached hydrogen (secondary N) is 1. The molecule has 8 heteroatoms. The molecule has 3 aromatic rings. The molecule has 1 atom stereocenters. The Morgan fingerprint density at radius 3 is 2.68 bits per heavy atom. The highest BCUT2D eigenvalue weighted by atomic mass is 19.1. The highest BCUT2D eigenvalue weighted by Crippen LogP contribution is 2.40. The molecule has 5 rings (SSSR count). The molecule has 0 saturated heterocycles. The lowest BCUT2D eigenvalue weighted by Gasteiger charge is -2.11. The molecule has 1 amide bonds. The van der Waals surface area contributed by atoms with E-state index in [1.807, 2.05) is 24.3 Å². The van der Waals surface area contributed by atoms with Crippen LogP contribution < -0.4 is 15.8 Å². The van der Waals surface area contributed by atoms with Gasteiger partial charge in [0.15, 0.2) is 0 Å². The van der Waals surface area contributed by atoms with Crippen LogP contribution in [0.15, 0.2) is 48.8 Å². The fraction of sp³-hybridized carbons (Fsp3) is 0.308. The second-order valence-corrected chi connectivity index (χ2v) is 8.74. The van der Waals surface area contributed by atoms with Crippen LogP contribution in [0.1, 0.15) is 58.6 Å². The number of methoxy groups -OCH3 is 1. The normalized spacial score (nSPS) is 17.4. The first-order valence-electron chi connectivity index (χ1n) is 11.5. The van der Waals surface area contributed by atoms with Crippen molar-refractivity contribution in [1.82, 2.24) is 15.3 Å². The number of carbonyl (C=O) groups is 1. The Hall–Kier alpha value is -3.81. The molecular weight excluding hydrogens is 433 g/mol. The Morgan fingerprint density at radius 2 is 1.94 bits per heavy atom. The first-order valence-corrected chi connectivity index (χ1v) is 11.5. The van der Waals surface area contributed by atoms with Gasteiger partial charge in [0.2, 0.25) is 6.33 Å². The highest BCUT2D eigenvalue weighted by molar-refractivity contribution is 5.96. The van der Waals surface area contributed by atoms with E-state index in [1.165, 1.54) is 44.5 Å². The number of hydrogen-bond acceptors (Lipinski definition) is 5. The summed E-state index contributed by atoms with van der Waals surface area (Å²) in [7, 11) is 1.45. The molecule has 2 heterocycles. The zero-order chi connectivity index (χ0) is 23.7. The fourth-order valence-corrected chi connectivity index (χ4v) is 4.92. The van der Waals surface area contributed by atoms with E-state index in [-0.39, 0.29) is 11.5 Å². The number of rotatable bonds is 6. The van der Waals surface area contributed by atoms with Crippen LogP contribution in [0, 0.1) is 5.82 Å². The van der Waals surface area contributed by atoms with E-state index < -0.39 is 11.7 Å². The Kier molecular flexibility index (Phi) is 5.96. The van der Waals surface area contributed by atoms with Gasteiger partial charge in [-0.25, -0.2) is 8.97 Å². The average molecular weight is 461 g/mol. The van der Waals surface area contributed by atoms with Crippen LogP contribution in [0.5, 0.6) is 5.75 Å². The minimum Gasteiger partial charge on any atom is -0.496 e. The summed E-state index contributed by atoms with van der Waals surface area (Å²) in [6.45, 7) is 0.309. The highest BCUT2D eigenvalue weighted by Gasteiger charge is 2.39. The molecule has 1 aliphatic heterocycles. The largest absolute Gasteiger partial charge is 0.496 e. The van der Waals surface area contributed by atoms with Gasteiger partial charge in [-0.2, -0.15) is 4.98 Å². The number of hydrogen-bond donors (Lipinski definition) is 2. The number of halogens is 1. The van der Waals surface area contributed by atoms with Crippen molar-refractivity contribution >= 4 is 23.8 Å². The summed E-state index contributed by atoms with van der Waals surface area (Å²) in [5, 5.41) is 2.83. The van der Waals surface area contributed by atoms with Crippen molar-refractivity contribution in [2.75, 3.05) is 12.8 Å². The number of nitrogen functional groups attached to an aromatic ring is 1. The van der Waals surface area contributed by atoms with Crippen LogP contribution in [-0.2, 0) is 6.54 Å². The zero-order valence-electron chi connectivity index (χ0n) is 19.0. The van der Waals surface area contributed by atoms with Crippen LogP contribution >= 0.6 is 0 Å². The molecular formula is C26H27FN5O2+. The van der Waals surface area contributed by atoms with E-state index in [0.717, 1.165) is 35.3 Å². The molecule has 0 spiro atoms. The fourth-order valence-electron chi connectivity index (χ4n) is 4.92. The standard InChI is InChI=1S/C26H26FN5O2/c1-34-22-11-10-18(27)12-20(22)26(33)29-13-16-6-8-17(9-7-16)21-14-32(19-4-2-3-5-19)25-23(21)24(28)30-15-31-25/h6-12,14-15,19,21H,2-5,13H2,1H3,(H2-,28,29,30,31,33)/p+1. The van der Waals surface area contributed by atoms with Crippen molar-refractivity contribution in [3.63, 3.8) is 0 Å². The van der Waals surface area contributed by atoms with Gasteiger partial charge in [0.1, 0.15) is 29.0 Å². The maximum Gasteiger partial charge on any atom is 0.332 e. The lowest BCUT2D eigenvalue weighted by Crippen LogP contribution is -2.23. The number of amides is 1. The van der Waals surface area contributed by atoms with Gasteiger partial charge in [-0.1, -0.05) is 24.3 Å². The van der Waals surface area contributed by atoms with E-state index in [9.17, 15) is 9.18 Å². The first kappa shape index (κ1) is 22.0. The van der Waals surface area contributed by atoms with E-state index in [0.29, 0.717) is 24.2 Å². The summed E-state index contributed by atoms with van der Waals surface area (Å²) in [4.78, 5) is 21.4. The minimum absolute atomic E-state index is 0.0167. The Balaban J connectivity index is 1.34. The Labute approximate surface area is 197 Å². The van der Waals surface area contributed by atoms with Crippen LogP contribution in [0.25, 0.3) is 0 Å². The monoisotopic (exact) mass is 460 g/mol. The first-order chi connectivity index (χ1) is 16.5. The summed E-state index contributed by atoms with van der Waals surface area (Å²) >= 11 is 0. The third-order valence-corrected chi connectivity index (χ3v) is 6.68. The van der Waals surface area contributed by atoms with Gasteiger partial charge in [-0.15, -0.1) is 0 Å². The van der Waals surface area contributed by atoms with Crippen molar-refractivity contribution in [3.8, 4) is 5.75 Å². The van der Waals surface area contributed by atoms with Crippen molar-refractivity contribution in [3.05, 3.63) is 76.9 Å². The van der Waals surface area contributed by atoms with Gasteiger partial charge >= 0.3 is 5.82 Å². The number of fused-ring (bicyclic) bond motifs is 1. The predicted molar refractivity (Wildman–Crippen MR) is 127 cm³/mol. The lowest BCUT2D eigenvalue weighted by atomic mass is 9.94. The van der Waals surface area contributed by atoms with Gasteiger partial charge in [-0.3, -0.25) is 4.79 Å². The minimum atomic E-state index is -0.488. The average Bonchev–Trinajstić information content (AvgIpc) is 3.52. The Morgan fingerprint density at radius 1 is 1.18 bits per heavy atom. The Bertz CT molecular complexity index is 1250. The van der Waals surface area contributed by atoms with Crippen LogP contribution in [0.4, 0.5) is 16.0 Å². The summed E-state index contributed by atoms with van der Waals surface area (Å²) < 4.78 is 21.1. The number of carbonyl (C=O) groups excluding carboxylic acids is 1. The zero-order valence-corrected chi connectivity index (χ0v) is 19.0. The molecule has 2 aliphatic rings. The molecule has 1 aliphatic carbocycles. The third kappa shape index (κ3) is 4.11. The molecule has 3 N–H and O–H groups in total. The molecule has 7 nitrogen and oxygen atoms in total. The molecule has 2 aromatic carbocycles. The van der Waals surface area contributed by atoms with Crippen LogP contribution in [0.3, 0.4) is 0 Å². The van der Waals surface area contributed by atoms with Crippen LogP contribution in [-0.4, -0.2) is 39.8 Å². The number of ether oxygens (including phenoxy) is 1. The quantitative estimate of drug-likeness (QED) is 0.544. The smallest absolute Gasteiger partial charge is 0.332 e. The summed E-state index contributed by atoms with van der Waals surface area (Å²) in [6.07, 6.45) is 8.53. The second kappa shape index (κ2) is 9.21. The second-order valence-electron chi connectivity index (χ2n) is 8.74. The number of aromatic nitrogens is 2. The van der Waals surface area contributed by atoms with Crippen molar-refractivity contribution in [1.29, 1.82) is 0 Å². The van der Waals surface area contributed by atoms with E-state index in [2.05, 4.69) is 26.1 Å². The SMILES string of the molecule is COc1ccc(F)cc1C(=O)NCc1ccc(C2C=[N+](C3CCCC3)c3ncnc(N)c32)cc1. The molecule has 1 fully saturated rings. The molecule has 1 unspecified atom stereocenters. The van der Waals surface area contributed by atoms with Crippen LogP contribution in [0.2, 0.25) is 0 Å². The van der Waals surface area contributed by atoms with Crippen molar-refractivity contribution in [2.45, 2.75) is 44.2 Å². The molecule has 0 radical (unpaired) electrons. The third-order valence-electron chi connectivity index (χ3n) is 6.68. The maximum absolute atomic E-state index is 13.6. The van der Waals surface area contributed by atoms with E-state index in [1.54, 1.807) is 0 Å². The predicted octanol–water partition coefficient (Wildman–Crippen LogP) is 3.94. The number of nitrogens with zero attached hydrogens (tertiary/aromatic N) is 3. The molecule has 1 aromatic heterocycles. The summed E-state index contributed by atoms with van der Waals surface area (Å²) in [5.74, 6) is 0.846. The van der Waals surface area contributed by atoms with E-state index >= 15 is 0 Å². The van der Waals surface area contributed by atoms with Crippen molar-refractivity contribution in [2.24, 2.45) is 0 Å². The number of nitrogens with two attached hydrogens (primary N) is 1. The van der Waals surface area contributed by atoms with Gasteiger partial charge in [-0.05, 0) is 60.0 Å². The maximum atomic E-state index is 13.6. The summed E-state index contributed by atoms with van der Waals surface area (Å²) in [5.41, 5.74) is 9.41. The van der Waals surface area contributed by atoms with Gasteiger partial charge in [0.05, 0.1) is 24.8 Å². The molecule has 1 saturated carbocycles. The lowest BCUT2D eigenvalue weighted by molar-refractivity contribution is -0.480. The molecule has 34 heavy (non-hydrogen) atoms. The number of benzene rings is 2.